The molecule has 21 heavy (non-hydrogen) atoms. The highest BCUT2D eigenvalue weighted by Crippen LogP contribution is 2.26. The molecule has 0 saturated carbocycles. The number of nitrogens with zero attached hydrogens (tertiary/aromatic N) is 3. The average molecular weight is 291 g/mol. The Balaban J connectivity index is 1.59. The normalized spacial score (nSPS) is 25.6. The highest BCUT2D eigenvalue weighted by atomic mass is 15.3. The van der Waals surface area contributed by atoms with Crippen molar-refractivity contribution in [3.8, 4) is 0 Å². The molecule has 1 atom stereocenters. The molecular weight excluding hydrogens is 262 g/mol. The molecule has 2 aliphatic rings. The van der Waals surface area contributed by atoms with Gasteiger partial charge in [-0.3, -0.25) is 14.9 Å². The molecule has 5 nitrogen and oxygen atoms in total. The first-order valence-electron chi connectivity index (χ1n) is 8.24. The Hall–Kier alpha value is -0.910. The van der Waals surface area contributed by atoms with Crippen LogP contribution in [0.4, 0.5) is 0 Å². The van der Waals surface area contributed by atoms with Crippen molar-refractivity contribution in [2.45, 2.75) is 45.2 Å². The molecule has 2 fully saturated rings. The second-order valence-corrected chi connectivity index (χ2v) is 7.48. The fourth-order valence-electron chi connectivity index (χ4n) is 3.62. The van der Waals surface area contributed by atoms with Crippen molar-refractivity contribution in [2.24, 2.45) is 0 Å². The lowest BCUT2D eigenvalue weighted by Gasteiger charge is -2.32. The largest absolute Gasteiger partial charge is 0.314 e. The van der Waals surface area contributed by atoms with Crippen molar-refractivity contribution < 1.29 is 0 Å². The molecule has 1 unspecified atom stereocenters. The van der Waals surface area contributed by atoms with Crippen LogP contribution >= 0.6 is 0 Å². The molecule has 3 heterocycles. The Morgan fingerprint density at radius 2 is 2.00 bits per heavy atom. The predicted octanol–water partition coefficient (Wildman–Crippen LogP) is 1.19. The van der Waals surface area contributed by atoms with Gasteiger partial charge in [-0.2, -0.15) is 5.10 Å². The summed E-state index contributed by atoms with van der Waals surface area (Å²) in [5, 5.41) is 10.9. The summed E-state index contributed by atoms with van der Waals surface area (Å²) in [6.45, 7) is 14.9. The minimum atomic E-state index is 0.142. The van der Waals surface area contributed by atoms with Crippen LogP contribution in [0, 0.1) is 0 Å². The van der Waals surface area contributed by atoms with Gasteiger partial charge in [0.25, 0.3) is 0 Å². The van der Waals surface area contributed by atoms with Crippen LogP contribution in [0.1, 0.15) is 38.4 Å². The number of piperazine rings is 1. The van der Waals surface area contributed by atoms with Gasteiger partial charge in [0, 0.05) is 68.5 Å². The maximum absolute atomic E-state index is 4.27. The zero-order valence-corrected chi connectivity index (χ0v) is 13.7. The fourth-order valence-corrected chi connectivity index (χ4v) is 3.62. The molecule has 1 aromatic rings. The van der Waals surface area contributed by atoms with E-state index in [9.17, 15) is 0 Å². The molecule has 0 amide bonds. The molecule has 2 saturated heterocycles. The van der Waals surface area contributed by atoms with Crippen LogP contribution in [0.2, 0.25) is 0 Å². The van der Waals surface area contributed by atoms with Gasteiger partial charge < -0.3 is 5.32 Å². The SMILES string of the molecule is CC(C)(C)c1[nH]ncc1CN1CCC(N2CCNCC2)C1. The van der Waals surface area contributed by atoms with E-state index < -0.39 is 0 Å². The Bertz CT molecular complexity index is 455. The highest BCUT2D eigenvalue weighted by molar-refractivity contribution is 5.23. The van der Waals surface area contributed by atoms with Gasteiger partial charge in [0.1, 0.15) is 0 Å². The summed E-state index contributed by atoms with van der Waals surface area (Å²) in [7, 11) is 0. The highest BCUT2D eigenvalue weighted by Gasteiger charge is 2.29. The van der Waals surface area contributed by atoms with Crippen LogP contribution in [0.25, 0.3) is 0 Å². The van der Waals surface area contributed by atoms with E-state index in [1.54, 1.807) is 0 Å². The van der Waals surface area contributed by atoms with E-state index in [4.69, 9.17) is 0 Å². The summed E-state index contributed by atoms with van der Waals surface area (Å²) in [4.78, 5) is 5.25. The summed E-state index contributed by atoms with van der Waals surface area (Å²) in [6.07, 6.45) is 3.32. The van der Waals surface area contributed by atoms with Crippen molar-refractivity contribution in [3.63, 3.8) is 0 Å². The summed E-state index contributed by atoms with van der Waals surface area (Å²) >= 11 is 0. The van der Waals surface area contributed by atoms with E-state index in [1.165, 1.54) is 43.9 Å². The summed E-state index contributed by atoms with van der Waals surface area (Å²) < 4.78 is 0. The van der Waals surface area contributed by atoms with E-state index in [-0.39, 0.29) is 5.41 Å². The van der Waals surface area contributed by atoms with E-state index >= 15 is 0 Å². The Kier molecular flexibility index (Phi) is 4.33. The number of nitrogens with one attached hydrogen (secondary N) is 2. The van der Waals surface area contributed by atoms with Crippen molar-refractivity contribution in [2.75, 3.05) is 39.3 Å². The molecule has 2 aliphatic heterocycles. The summed E-state index contributed by atoms with van der Waals surface area (Å²) in [5.74, 6) is 0. The third-order valence-electron chi connectivity index (χ3n) is 4.78. The van der Waals surface area contributed by atoms with Crippen LogP contribution in [-0.4, -0.2) is 65.3 Å². The summed E-state index contributed by atoms with van der Waals surface area (Å²) in [5.41, 5.74) is 2.79. The zero-order valence-electron chi connectivity index (χ0n) is 13.7. The van der Waals surface area contributed by atoms with Gasteiger partial charge >= 0.3 is 0 Å². The lowest BCUT2D eigenvalue weighted by atomic mass is 9.89. The second kappa shape index (κ2) is 6.07. The van der Waals surface area contributed by atoms with Crippen LogP contribution in [0.15, 0.2) is 6.20 Å². The number of hydrogen-bond donors (Lipinski definition) is 2. The molecule has 2 N–H and O–H groups in total. The topological polar surface area (TPSA) is 47.2 Å². The van der Waals surface area contributed by atoms with Gasteiger partial charge in [-0.15, -0.1) is 0 Å². The molecule has 1 aromatic heterocycles. The van der Waals surface area contributed by atoms with E-state index in [0.717, 1.165) is 25.7 Å². The first-order valence-corrected chi connectivity index (χ1v) is 8.24. The third kappa shape index (κ3) is 3.47. The molecule has 118 valence electrons. The minimum Gasteiger partial charge on any atom is -0.314 e. The van der Waals surface area contributed by atoms with Gasteiger partial charge in [-0.25, -0.2) is 0 Å². The van der Waals surface area contributed by atoms with Crippen LogP contribution in [0.3, 0.4) is 0 Å². The van der Waals surface area contributed by atoms with Crippen molar-refractivity contribution >= 4 is 0 Å². The van der Waals surface area contributed by atoms with Crippen LogP contribution in [-0.2, 0) is 12.0 Å². The maximum Gasteiger partial charge on any atom is 0.0535 e. The second-order valence-electron chi connectivity index (χ2n) is 7.48. The molecule has 3 rings (SSSR count). The smallest absolute Gasteiger partial charge is 0.0535 e. The standard InChI is InChI=1S/C16H29N5/c1-16(2,3)15-13(10-18-19-15)11-20-7-4-14(12-20)21-8-5-17-6-9-21/h10,14,17H,4-9,11-12H2,1-3H3,(H,18,19). The molecule has 5 heteroatoms. The number of likely N-dealkylation sites (tertiary alicyclic amines) is 1. The molecule has 0 spiro atoms. The number of aromatic amines is 1. The number of aromatic nitrogens is 2. The number of hydrogen-bond acceptors (Lipinski definition) is 4. The fraction of sp³-hybridized carbons (Fsp3) is 0.812. The van der Waals surface area contributed by atoms with Crippen LogP contribution < -0.4 is 5.32 Å². The molecule has 0 radical (unpaired) electrons. The Morgan fingerprint density at radius 1 is 1.24 bits per heavy atom. The predicted molar refractivity (Wildman–Crippen MR) is 85.4 cm³/mol. The van der Waals surface area contributed by atoms with E-state index in [2.05, 4.69) is 46.1 Å². The first-order chi connectivity index (χ1) is 10.0. The Morgan fingerprint density at radius 3 is 2.71 bits per heavy atom. The molecule has 0 bridgehead atoms. The lowest BCUT2D eigenvalue weighted by molar-refractivity contribution is 0.170. The maximum atomic E-state index is 4.27. The van der Waals surface area contributed by atoms with Gasteiger partial charge in [-0.1, -0.05) is 20.8 Å². The van der Waals surface area contributed by atoms with Gasteiger partial charge in [0.2, 0.25) is 0 Å². The number of H-pyrrole nitrogens is 1. The Labute approximate surface area is 128 Å². The van der Waals surface area contributed by atoms with Crippen molar-refractivity contribution in [1.82, 2.24) is 25.3 Å². The lowest BCUT2D eigenvalue weighted by Crippen LogP contribution is -2.49. The zero-order chi connectivity index (χ0) is 14.9. The van der Waals surface area contributed by atoms with Crippen molar-refractivity contribution in [3.05, 3.63) is 17.5 Å². The van der Waals surface area contributed by atoms with Gasteiger partial charge in [0.05, 0.1) is 6.20 Å². The van der Waals surface area contributed by atoms with E-state index in [0.29, 0.717) is 0 Å². The van der Waals surface area contributed by atoms with Gasteiger partial charge in [0.15, 0.2) is 0 Å². The van der Waals surface area contributed by atoms with E-state index in [1.807, 2.05) is 6.20 Å². The number of rotatable bonds is 3. The quantitative estimate of drug-likeness (QED) is 0.878. The van der Waals surface area contributed by atoms with Gasteiger partial charge in [-0.05, 0) is 6.42 Å². The summed E-state index contributed by atoms with van der Waals surface area (Å²) in [6, 6.07) is 0.747. The average Bonchev–Trinajstić information content (AvgIpc) is 3.09. The molecular formula is C16H29N5. The van der Waals surface area contributed by atoms with Crippen molar-refractivity contribution in [1.29, 1.82) is 0 Å². The molecule has 0 aliphatic carbocycles. The molecule has 0 aromatic carbocycles. The monoisotopic (exact) mass is 291 g/mol. The third-order valence-corrected chi connectivity index (χ3v) is 4.78. The minimum absolute atomic E-state index is 0.142. The first kappa shape index (κ1) is 15.0. The van der Waals surface area contributed by atoms with Crippen LogP contribution in [0.5, 0.6) is 0 Å².